The molecule has 0 saturated carbocycles. The van der Waals surface area contributed by atoms with Crippen LogP contribution in [0.3, 0.4) is 0 Å². The van der Waals surface area contributed by atoms with Crippen LogP contribution in [0.4, 0.5) is 11.4 Å². The number of para-hydroxylation sites is 1. The van der Waals surface area contributed by atoms with Crippen LogP contribution in [0.5, 0.6) is 0 Å². The fourth-order valence-electron chi connectivity index (χ4n) is 2.91. The van der Waals surface area contributed by atoms with E-state index in [1.165, 1.54) is 24.8 Å². The summed E-state index contributed by atoms with van der Waals surface area (Å²) in [7, 11) is 0. The van der Waals surface area contributed by atoms with Crippen molar-refractivity contribution < 1.29 is 5.11 Å². The largest absolute Gasteiger partial charge is 0.393 e. The van der Waals surface area contributed by atoms with Crippen molar-refractivity contribution in [2.75, 3.05) is 5.32 Å². The number of hydrogen-bond acceptors (Lipinski definition) is 2. The summed E-state index contributed by atoms with van der Waals surface area (Å²) in [5, 5.41) is 13.3. The van der Waals surface area contributed by atoms with Crippen molar-refractivity contribution in [1.82, 2.24) is 0 Å². The van der Waals surface area contributed by atoms with E-state index in [0.717, 1.165) is 43.5 Å². The van der Waals surface area contributed by atoms with Gasteiger partial charge in [0.2, 0.25) is 0 Å². The molecule has 2 rings (SSSR count). The third-order valence-electron chi connectivity index (χ3n) is 4.41. The number of benzene rings is 2. The molecule has 0 aliphatic carbocycles. The Hall–Kier alpha value is -1.80. The minimum Gasteiger partial charge on any atom is -0.393 e. The van der Waals surface area contributed by atoms with Gasteiger partial charge < -0.3 is 10.4 Å². The van der Waals surface area contributed by atoms with E-state index < -0.39 is 0 Å². The molecule has 2 aromatic carbocycles. The van der Waals surface area contributed by atoms with Gasteiger partial charge in [0, 0.05) is 11.4 Å². The average molecular weight is 325 g/mol. The molecule has 24 heavy (non-hydrogen) atoms. The molecule has 0 radical (unpaired) electrons. The molecule has 2 N–H and O–H groups in total. The Labute approximate surface area is 146 Å². The van der Waals surface area contributed by atoms with Crippen molar-refractivity contribution in [3.8, 4) is 0 Å². The zero-order valence-electron chi connectivity index (χ0n) is 14.9. The summed E-state index contributed by atoms with van der Waals surface area (Å²) < 4.78 is 0. The zero-order valence-corrected chi connectivity index (χ0v) is 14.9. The Balaban J connectivity index is 1.63. The third-order valence-corrected chi connectivity index (χ3v) is 4.41. The van der Waals surface area contributed by atoms with Crippen molar-refractivity contribution in [2.45, 2.75) is 64.4 Å². The summed E-state index contributed by atoms with van der Waals surface area (Å²) in [6.07, 6.45) is 8.81. The smallest absolute Gasteiger partial charge is 0.0540 e. The summed E-state index contributed by atoms with van der Waals surface area (Å²) in [4.78, 5) is 0. The normalized spacial score (nSPS) is 12.1. The van der Waals surface area contributed by atoms with Gasteiger partial charge in [-0.25, -0.2) is 0 Å². The zero-order chi connectivity index (χ0) is 17.0. The van der Waals surface area contributed by atoms with Crippen LogP contribution < -0.4 is 5.32 Å². The van der Waals surface area contributed by atoms with Gasteiger partial charge in [0.05, 0.1) is 6.10 Å². The van der Waals surface area contributed by atoms with Crippen molar-refractivity contribution >= 4 is 11.4 Å². The van der Waals surface area contributed by atoms with E-state index in [1.807, 2.05) is 18.2 Å². The predicted molar refractivity (Wildman–Crippen MR) is 104 cm³/mol. The quantitative estimate of drug-likeness (QED) is 0.490. The van der Waals surface area contributed by atoms with E-state index in [2.05, 4.69) is 48.6 Å². The molecule has 0 heterocycles. The average Bonchev–Trinajstić information content (AvgIpc) is 2.62. The molecular weight excluding hydrogens is 294 g/mol. The summed E-state index contributed by atoms with van der Waals surface area (Å²) >= 11 is 0. The molecule has 0 amide bonds. The Bertz CT molecular complexity index is 550. The van der Waals surface area contributed by atoms with Gasteiger partial charge >= 0.3 is 0 Å². The molecule has 0 aromatic heterocycles. The number of hydrogen-bond donors (Lipinski definition) is 2. The first-order valence-corrected chi connectivity index (χ1v) is 9.37. The first-order valence-electron chi connectivity index (χ1n) is 9.37. The summed E-state index contributed by atoms with van der Waals surface area (Å²) in [6.45, 7) is 2.17. The Morgan fingerprint density at radius 3 is 2.17 bits per heavy atom. The molecule has 0 saturated heterocycles. The molecule has 1 unspecified atom stereocenters. The lowest BCUT2D eigenvalue weighted by Gasteiger charge is -2.10. The predicted octanol–water partition coefficient (Wildman–Crippen LogP) is 6.08. The maximum Gasteiger partial charge on any atom is 0.0540 e. The highest BCUT2D eigenvalue weighted by atomic mass is 16.3. The van der Waals surface area contributed by atoms with Gasteiger partial charge in [-0.15, -0.1) is 0 Å². The number of rotatable bonds is 11. The number of aliphatic hydroxyl groups is 1. The van der Waals surface area contributed by atoms with Gasteiger partial charge in [0.15, 0.2) is 0 Å². The number of unbranched alkanes of at least 4 members (excludes halogenated alkanes) is 3. The molecule has 0 aliphatic heterocycles. The summed E-state index contributed by atoms with van der Waals surface area (Å²) in [5.41, 5.74) is 3.64. The van der Waals surface area contributed by atoms with E-state index >= 15 is 0 Å². The van der Waals surface area contributed by atoms with Gasteiger partial charge in [-0.3, -0.25) is 0 Å². The van der Waals surface area contributed by atoms with Crippen LogP contribution in [-0.2, 0) is 6.42 Å². The van der Waals surface area contributed by atoms with Gasteiger partial charge in [-0.1, -0.05) is 62.9 Å². The maximum absolute atomic E-state index is 9.84. The van der Waals surface area contributed by atoms with E-state index in [0.29, 0.717) is 0 Å². The number of nitrogens with one attached hydrogen (secondary N) is 1. The van der Waals surface area contributed by atoms with Crippen LogP contribution in [0.2, 0.25) is 0 Å². The second-order valence-corrected chi connectivity index (χ2v) is 6.58. The van der Waals surface area contributed by atoms with E-state index in [1.54, 1.807) is 0 Å². The topological polar surface area (TPSA) is 32.3 Å². The van der Waals surface area contributed by atoms with Gasteiger partial charge in [-0.05, 0) is 55.5 Å². The highest BCUT2D eigenvalue weighted by Gasteiger charge is 2.03. The van der Waals surface area contributed by atoms with Crippen LogP contribution in [0.1, 0.15) is 57.4 Å². The van der Waals surface area contributed by atoms with Crippen LogP contribution in [0.25, 0.3) is 0 Å². The molecule has 130 valence electrons. The Kier molecular flexibility index (Phi) is 8.40. The SMILES string of the molecule is CCCCC(O)CCCCCc1ccc(Nc2ccccc2)cc1. The van der Waals surface area contributed by atoms with E-state index in [-0.39, 0.29) is 6.10 Å². The van der Waals surface area contributed by atoms with Crippen molar-refractivity contribution in [1.29, 1.82) is 0 Å². The van der Waals surface area contributed by atoms with Crippen LogP contribution >= 0.6 is 0 Å². The van der Waals surface area contributed by atoms with E-state index in [4.69, 9.17) is 0 Å². The molecule has 2 nitrogen and oxygen atoms in total. The minimum absolute atomic E-state index is 0.0895. The standard InChI is InChI=1S/C22H31NO/c1-2-3-13-22(24)14-9-4-6-10-19-15-17-21(18-16-19)23-20-11-7-5-8-12-20/h5,7-8,11-12,15-18,22-24H,2-4,6,9-10,13-14H2,1H3. The summed E-state index contributed by atoms with van der Waals surface area (Å²) in [6, 6.07) is 19.0. The third kappa shape index (κ3) is 7.18. The monoisotopic (exact) mass is 325 g/mol. The second-order valence-electron chi connectivity index (χ2n) is 6.58. The molecule has 0 spiro atoms. The highest BCUT2D eigenvalue weighted by Crippen LogP contribution is 2.18. The minimum atomic E-state index is -0.0895. The van der Waals surface area contributed by atoms with Crippen molar-refractivity contribution in [3.05, 3.63) is 60.2 Å². The number of anilines is 2. The van der Waals surface area contributed by atoms with Crippen molar-refractivity contribution in [2.24, 2.45) is 0 Å². The first-order chi connectivity index (χ1) is 11.8. The Morgan fingerprint density at radius 2 is 1.46 bits per heavy atom. The van der Waals surface area contributed by atoms with Crippen LogP contribution in [0, 0.1) is 0 Å². The molecular formula is C22H31NO. The fraction of sp³-hybridized carbons (Fsp3) is 0.455. The molecule has 1 atom stereocenters. The van der Waals surface area contributed by atoms with Crippen LogP contribution in [-0.4, -0.2) is 11.2 Å². The molecule has 2 heteroatoms. The lowest BCUT2D eigenvalue weighted by atomic mass is 10.0. The first kappa shape index (κ1) is 18.5. The molecule has 0 bridgehead atoms. The van der Waals surface area contributed by atoms with Gasteiger partial charge in [0.1, 0.15) is 0 Å². The van der Waals surface area contributed by atoms with E-state index in [9.17, 15) is 5.11 Å². The summed E-state index contributed by atoms with van der Waals surface area (Å²) in [5.74, 6) is 0. The fourth-order valence-corrected chi connectivity index (χ4v) is 2.91. The molecule has 0 fully saturated rings. The maximum atomic E-state index is 9.84. The van der Waals surface area contributed by atoms with Gasteiger partial charge in [-0.2, -0.15) is 0 Å². The lowest BCUT2D eigenvalue weighted by molar-refractivity contribution is 0.148. The van der Waals surface area contributed by atoms with Crippen molar-refractivity contribution in [3.63, 3.8) is 0 Å². The Morgan fingerprint density at radius 1 is 0.792 bits per heavy atom. The van der Waals surface area contributed by atoms with Crippen LogP contribution in [0.15, 0.2) is 54.6 Å². The molecule has 2 aromatic rings. The number of aryl methyl sites for hydroxylation is 1. The second kappa shape index (κ2) is 10.9. The number of aliphatic hydroxyl groups excluding tert-OH is 1. The molecule has 0 aliphatic rings. The highest BCUT2D eigenvalue weighted by molar-refractivity contribution is 5.59. The van der Waals surface area contributed by atoms with Gasteiger partial charge in [0.25, 0.3) is 0 Å². The lowest BCUT2D eigenvalue weighted by Crippen LogP contribution is -2.05.